The van der Waals surface area contributed by atoms with Crippen LogP contribution in [0.1, 0.15) is 22.3 Å². The molecule has 0 atom stereocenters. The lowest BCUT2D eigenvalue weighted by Crippen LogP contribution is -2.03. The molecule has 0 aliphatic heterocycles. The SMILES string of the molecule is COCCCSCC(=O)c1ccc(C#N)cc1. The maximum absolute atomic E-state index is 11.7. The lowest BCUT2D eigenvalue weighted by molar-refractivity contribution is 0.102. The Balaban J connectivity index is 2.34. The monoisotopic (exact) mass is 249 g/mol. The van der Waals surface area contributed by atoms with Crippen molar-refractivity contribution in [3.63, 3.8) is 0 Å². The molecule has 0 spiro atoms. The van der Waals surface area contributed by atoms with Gasteiger partial charge in [-0.1, -0.05) is 12.1 Å². The van der Waals surface area contributed by atoms with Crippen molar-refractivity contribution in [1.82, 2.24) is 0 Å². The second kappa shape index (κ2) is 7.88. The molecule has 0 aromatic heterocycles. The van der Waals surface area contributed by atoms with E-state index in [2.05, 4.69) is 0 Å². The predicted molar refractivity (Wildman–Crippen MR) is 69.3 cm³/mol. The van der Waals surface area contributed by atoms with Gasteiger partial charge >= 0.3 is 0 Å². The first-order valence-electron chi connectivity index (χ1n) is 5.38. The summed E-state index contributed by atoms with van der Waals surface area (Å²) < 4.78 is 4.93. The third-order valence-electron chi connectivity index (χ3n) is 2.21. The van der Waals surface area contributed by atoms with E-state index in [0.717, 1.165) is 18.8 Å². The summed E-state index contributed by atoms with van der Waals surface area (Å²) in [6.45, 7) is 0.734. The van der Waals surface area contributed by atoms with Crippen LogP contribution in [0.15, 0.2) is 24.3 Å². The van der Waals surface area contributed by atoms with Crippen molar-refractivity contribution in [2.45, 2.75) is 6.42 Å². The number of ketones is 1. The van der Waals surface area contributed by atoms with Gasteiger partial charge in [0, 0.05) is 19.3 Å². The van der Waals surface area contributed by atoms with Crippen LogP contribution in [-0.4, -0.2) is 31.0 Å². The summed E-state index contributed by atoms with van der Waals surface area (Å²) >= 11 is 1.61. The number of hydrogen-bond acceptors (Lipinski definition) is 4. The predicted octanol–water partition coefficient (Wildman–Crippen LogP) is 2.51. The summed E-state index contributed by atoms with van der Waals surface area (Å²) in [5, 5.41) is 8.64. The standard InChI is InChI=1S/C13H15NO2S/c1-16-7-2-8-17-10-13(15)12-5-3-11(9-14)4-6-12/h3-6H,2,7-8,10H2,1H3. The number of nitriles is 1. The first-order valence-corrected chi connectivity index (χ1v) is 6.53. The molecule has 0 unspecified atom stereocenters. The normalized spacial score (nSPS) is 9.88. The number of carbonyl (C=O) groups excluding carboxylic acids is 1. The van der Waals surface area contributed by atoms with Gasteiger partial charge in [0.15, 0.2) is 5.78 Å². The van der Waals surface area contributed by atoms with Gasteiger partial charge in [-0.2, -0.15) is 17.0 Å². The fourth-order valence-corrected chi connectivity index (χ4v) is 2.10. The average molecular weight is 249 g/mol. The van der Waals surface area contributed by atoms with Crippen LogP contribution in [0.5, 0.6) is 0 Å². The molecule has 0 aliphatic carbocycles. The molecule has 4 heteroatoms. The van der Waals surface area contributed by atoms with Gasteiger partial charge in [-0.25, -0.2) is 0 Å². The zero-order chi connectivity index (χ0) is 12.5. The van der Waals surface area contributed by atoms with E-state index in [4.69, 9.17) is 10.00 Å². The molecule has 1 rings (SSSR count). The molecule has 1 aromatic carbocycles. The first kappa shape index (κ1) is 13.8. The number of ether oxygens (including phenoxy) is 1. The van der Waals surface area contributed by atoms with Crippen molar-refractivity contribution in [2.75, 3.05) is 25.2 Å². The van der Waals surface area contributed by atoms with Crippen molar-refractivity contribution in [2.24, 2.45) is 0 Å². The molecule has 90 valence electrons. The maximum Gasteiger partial charge on any atom is 0.172 e. The molecule has 0 radical (unpaired) electrons. The van der Waals surface area contributed by atoms with E-state index in [1.54, 1.807) is 43.1 Å². The molecule has 0 saturated carbocycles. The molecule has 1 aromatic rings. The zero-order valence-electron chi connectivity index (χ0n) is 9.81. The highest BCUT2D eigenvalue weighted by atomic mass is 32.2. The highest BCUT2D eigenvalue weighted by molar-refractivity contribution is 7.99. The molecule has 0 fully saturated rings. The summed E-state index contributed by atoms with van der Waals surface area (Å²) in [5.74, 6) is 1.52. The van der Waals surface area contributed by atoms with E-state index in [1.807, 2.05) is 6.07 Å². The van der Waals surface area contributed by atoms with E-state index in [1.165, 1.54) is 0 Å². The number of hydrogen-bond donors (Lipinski definition) is 0. The molecule has 0 bridgehead atoms. The Kier molecular flexibility index (Phi) is 6.38. The summed E-state index contributed by atoms with van der Waals surface area (Å²) in [6.07, 6.45) is 0.960. The summed E-state index contributed by atoms with van der Waals surface area (Å²) in [5.41, 5.74) is 1.25. The Labute approximate surface area is 106 Å². The summed E-state index contributed by atoms with van der Waals surface area (Å²) in [7, 11) is 1.67. The highest BCUT2D eigenvalue weighted by Gasteiger charge is 2.05. The van der Waals surface area contributed by atoms with Crippen LogP contribution < -0.4 is 0 Å². The molecular formula is C13H15NO2S. The van der Waals surface area contributed by atoms with E-state index < -0.39 is 0 Å². The molecule has 0 heterocycles. The Morgan fingerprint density at radius 1 is 1.41 bits per heavy atom. The van der Waals surface area contributed by atoms with Crippen LogP contribution in [0.25, 0.3) is 0 Å². The topological polar surface area (TPSA) is 50.1 Å². The van der Waals surface area contributed by atoms with Crippen LogP contribution in [0.3, 0.4) is 0 Å². The maximum atomic E-state index is 11.7. The van der Waals surface area contributed by atoms with Gasteiger partial charge in [0.05, 0.1) is 17.4 Å². The Hall–Kier alpha value is -1.31. The van der Waals surface area contributed by atoms with Gasteiger partial charge in [-0.3, -0.25) is 4.79 Å². The Morgan fingerprint density at radius 2 is 2.12 bits per heavy atom. The van der Waals surface area contributed by atoms with Crippen LogP contribution in [0.4, 0.5) is 0 Å². The minimum atomic E-state index is 0.108. The van der Waals surface area contributed by atoms with Crippen molar-refractivity contribution >= 4 is 17.5 Å². The van der Waals surface area contributed by atoms with E-state index in [9.17, 15) is 4.79 Å². The second-order valence-electron chi connectivity index (χ2n) is 3.51. The highest BCUT2D eigenvalue weighted by Crippen LogP contribution is 2.09. The number of methoxy groups -OCH3 is 1. The second-order valence-corrected chi connectivity index (χ2v) is 4.62. The lowest BCUT2D eigenvalue weighted by Gasteiger charge is -2.01. The summed E-state index contributed by atoms with van der Waals surface area (Å²) in [6, 6.07) is 8.78. The summed E-state index contributed by atoms with van der Waals surface area (Å²) in [4.78, 5) is 11.7. The number of rotatable bonds is 7. The average Bonchev–Trinajstić information content (AvgIpc) is 2.38. The zero-order valence-corrected chi connectivity index (χ0v) is 10.6. The van der Waals surface area contributed by atoms with Gasteiger partial charge in [0.2, 0.25) is 0 Å². The molecule has 0 aliphatic rings. The minimum absolute atomic E-state index is 0.108. The van der Waals surface area contributed by atoms with E-state index in [-0.39, 0.29) is 5.78 Å². The molecule has 0 amide bonds. The first-order chi connectivity index (χ1) is 8.27. The minimum Gasteiger partial charge on any atom is -0.385 e. The lowest BCUT2D eigenvalue weighted by atomic mass is 10.1. The molecule has 3 nitrogen and oxygen atoms in total. The third kappa shape index (κ3) is 5.03. The fraction of sp³-hybridized carbons (Fsp3) is 0.385. The number of thioether (sulfide) groups is 1. The Morgan fingerprint density at radius 3 is 2.71 bits per heavy atom. The number of benzene rings is 1. The quantitative estimate of drug-likeness (QED) is 0.550. The van der Waals surface area contributed by atoms with Crippen molar-refractivity contribution in [3.05, 3.63) is 35.4 Å². The molecule has 0 N–H and O–H groups in total. The Bertz CT molecular complexity index is 395. The molecular weight excluding hydrogens is 234 g/mol. The van der Waals surface area contributed by atoms with Crippen LogP contribution in [0.2, 0.25) is 0 Å². The van der Waals surface area contributed by atoms with Gasteiger partial charge in [-0.05, 0) is 24.3 Å². The molecule has 17 heavy (non-hydrogen) atoms. The molecule has 0 saturated heterocycles. The van der Waals surface area contributed by atoms with Crippen LogP contribution in [-0.2, 0) is 4.74 Å². The third-order valence-corrected chi connectivity index (χ3v) is 3.25. The number of carbonyl (C=O) groups is 1. The van der Waals surface area contributed by atoms with Gasteiger partial charge in [-0.15, -0.1) is 0 Å². The van der Waals surface area contributed by atoms with E-state index in [0.29, 0.717) is 16.9 Å². The smallest absolute Gasteiger partial charge is 0.172 e. The van der Waals surface area contributed by atoms with Crippen molar-refractivity contribution in [1.29, 1.82) is 5.26 Å². The largest absolute Gasteiger partial charge is 0.385 e. The van der Waals surface area contributed by atoms with Crippen LogP contribution in [0, 0.1) is 11.3 Å². The van der Waals surface area contributed by atoms with Gasteiger partial charge in [0.1, 0.15) is 0 Å². The van der Waals surface area contributed by atoms with Crippen LogP contribution >= 0.6 is 11.8 Å². The van der Waals surface area contributed by atoms with Crippen molar-refractivity contribution in [3.8, 4) is 6.07 Å². The number of nitrogens with zero attached hydrogens (tertiary/aromatic N) is 1. The van der Waals surface area contributed by atoms with Gasteiger partial charge in [0.25, 0.3) is 0 Å². The number of Topliss-reactive ketones (excluding diaryl/α,β-unsaturated/α-hetero) is 1. The fourth-order valence-electron chi connectivity index (χ4n) is 1.28. The van der Waals surface area contributed by atoms with Gasteiger partial charge < -0.3 is 4.74 Å². The van der Waals surface area contributed by atoms with E-state index >= 15 is 0 Å². The van der Waals surface area contributed by atoms with Crippen molar-refractivity contribution < 1.29 is 9.53 Å².